The minimum atomic E-state index is 0.974. The van der Waals surface area contributed by atoms with Crippen LogP contribution in [0, 0.1) is 0 Å². The van der Waals surface area contributed by atoms with E-state index < -0.39 is 0 Å². The van der Waals surface area contributed by atoms with Crippen LogP contribution >= 0.6 is 0 Å². The fourth-order valence-electron chi connectivity index (χ4n) is 0.571. The highest BCUT2D eigenvalue weighted by Crippen LogP contribution is 1.89. The maximum absolute atomic E-state index is 3.96. The van der Waals surface area contributed by atoms with E-state index in [9.17, 15) is 0 Å². The zero-order chi connectivity index (χ0) is 6.36. The van der Waals surface area contributed by atoms with Gasteiger partial charge in [-0.3, -0.25) is 4.99 Å². The van der Waals surface area contributed by atoms with Gasteiger partial charge in [-0.1, -0.05) is 24.3 Å². The molecule has 0 bridgehead atoms. The highest BCUT2D eigenvalue weighted by Gasteiger charge is 1.70. The smallest absolute Gasteiger partial charge is 0.0267 e. The summed E-state index contributed by atoms with van der Waals surface area (Å²) in [5, 5.41) is 0. The second-order valence-electron chi connectivity index (χ2n) is 1.73. The maximum Gasteiger partial charge on any atom is 0.0267 e. The third kappa shape index (κ3) is 2.65. The third-order valence-electron chi connectivity index (χ3n) is 0.994. The molecule has 0 aromatic rings. The Bertz CT molecular complexity index is 153. The van der Waals surface area contributed by atoms with E-state index in [1.54, 1.807) is 12.4 Å². The van der Waals surface area contributed by atoms with E-state index in [0.29, 0.717) is 0 Å². The largest absolute Gasteiger partial charge is 0.265 e. The van der Waals surface area contributed by atoms with Gasteiger partial charge in [0.2, 0.25) is 0 Å². The van der Waals surface area contributed by atoms with Gasteiger partial charge >= 0.3 is 0 Å². The normalized spacial score (nSPS) is 27.6. The monoisotopic (exact) mass is 119 g/mol. The van der Waals surface area contributed by atoms with Crippen LogP contribution in [-0.4, -0.2) is 6.21 Å². The third-order valence-corrected chi connectivity index (χ3v) is 0.994. The van der Waals surface area contributed by atoms with Crippen LogP contribution in [0.15, 0.2) is 41.6 Å². The molecular weight excluding hydrogens is 110 g/mol. The first kappa shape index (κ1) is 6.02. The SMILES string of the molecule is C1=CC\C=C/N=C\C=C/1. The molecule has 0 saturated heterocycles. The average molecular weight is 119 g/mol. The maximum atomic E-state index is 3.96. The Kier molecular flexibility index (Phi) is 2.57. The van der Waals surface area contributed by atoms with Crippen molar-refractivity contribution >= 4 is 6.21 Å². The lowest BCUT2D eigenvalue weighted by Crippen LogP contribution is -1.57. The second-order valence-corrected chi connectivity index (χ2v) is 1.73. The molecule has 0 radical (unpaired) electrons. The van der Waals surface area contributed by atoms with Crippen molar-refractivity contribution < 1.29 is 0 Å². The Morgan fingerprint density at radius 2 is 2.00 bits per heavy atom. The molecule has 1 aliphatic heterocycles. The first-order chi connectivity index (χ1) is 4.50. The van der Waals surface area contributed by atoms with Crippen molar-refractivity contribution in [3.05, 3.63) is 36.6 Å². The fraction of sp³-hybridized carbons (Fsp3) is 0.125. The van der Waals surface area contributed by atoms with Gasteiger partial charge in [0.25, 0.3) is 0 Å². The summed E-state index contributed by atoms with van der Waals surface area (Å²) in [6.07, 6.45) is 14.5. The zero-order valence-corrected chi connectivity index (χ0v) is 5.20. The Hall–Kier alpha value is -1.11. The lowest BCUT2D eigenvalue weighted by atomic mass is 10.3. The van der Waals surface area contributed by atoms with Crippen molar-refractivity contribution in [2.75, 3.05) is 0 Å². The van der Waals surface area contributed by atoms with Crippen molar-refractivity contribution in [1.82, 2.24) is 0 Å². The zero-order valence-electron chi connectivity index (χ0n) is 5.20. The van der Waals surface area contributed by atoms with E-state index in [1.165, 1.54) is 0 Å². The van der Waals surface area contributed by atoms with Crippen LogP contribution in [-0.2, 0) is 0 Å². The Morgan fingerprint density at radius 3 is 3.00 bits per heavy atom. The van der Waals surface area contributed by atoms with Gasteiger partial charge < -0.3 is 0 Å². The summed E-state index contributed by atoms with van der Waals surface area (Å²) >= 11 is 0. The minimum absolute atomic E-state index is 0.974. The van der Waals surface area contributed by atoms with Crippen LogP contribution in [0.3, 0.4) is 0 Å². The Labute approximate surface area is 55.1 Å². The number of hydrogen-bond donors (Lipinski definition) is 0. The molecule has 1 heterocycles. The van der Waals surface area contributed by atoms with E-state index in [2.05, 4.69) is 11.1 Å². The molecule has 1 aliphatic rings. The first-order valence-electron chi connectivity index (χ1n) is 3.00. The van der Waals surface area contributed by atoms with E-state index in [-0.39, 0.29) is 0 Å². The molecule has 1 rings (SSSR count). The highest BCUT2D eigenvalue weighted by molar-refractivity contribution is 5.72. The van der Waals surface area contributed by atoms with Gasteiger partial charge in [-0.25, -0.2) is 0 Å². The minimum Gasteiger partial charge on any atom is -0.265 e. The standard InChI is InChI=1S/C8H9N/c1-2-4-6-8-9-7-5-3-1/h1-3,5-8H,4H2/b2-1?,5-3-,8-6-,9-7-. The molecule has 0 saturated carbocycles. The Morgan fingerprint density at radius 1 is 1.00 bits per heavy atom. The molecule has 1 heteroatoms. The van der Waals surface area contributed by atoms with Gasteiger partial charge in [0, 0.05) is 12.4 Å². The molecule has 0 atom stereocenters. The molecule has 9 heavy (non-hydrogen) atoms. The van der Waals surface area contributed by atoms with Crippen molar-refractivity contribution in [2.45, 2.75) is 6.42 Å². The van der Waals surface area contributed by atoms with Crippen LogP contribution in [0.1, 0.15) is 6.42 Å². The van der Waals surface area contributed by atoms with Gasteiger partial charge in [0.15, 0.2) is 0 Å². The molecule has 0 aromatic carbocycles. The topological polar surface area (TPSA) is 12.4 Å². The first-order valence-corrected chi connectivity index (χ1v) is 3.00. The van der Waals surface area contributed by atoms with E-state index >= 15 is 0 Å². The van der Waals surface area contributed by atoms with Crippen molar-refractivity contribution in [3.8, 4) is 0 Å². The van der Waals surface area contributed by atoms with Crippen molar-refractivity contribution in [3.63, 3.8) is 0 Å². The summed E-state index contributed by atoms with van der Waals surface area (Å²) in [5.41, 5.74) is 0. The van der Waals surface area contributed by atoms with Gasteiger partial charge in [-0.15, -0.1) is 0 Å². The summed E-state index contributed by atoms with van der Waals surface area (Å²) in [6, 6.07) is 0. The molecule has 0 N–H and O–H groups in total. The lowest BCUT2D eigenvalue weighted by Gasteiger charge is -1.74. The summed E-state index contributed by atoms with van der Waals surface area (Å²) in [7, 11) is 0. The predicted molar refractivity (Wildman–Crippen MR) is 40.5 cm³/mol. The predicted octanol–water partition coefficient (Wildman–Crippen LogP) is 2.09. The van der Waals surface area contributed by atoms with Gasteiger partial charge in [0.1, 0.15) is 0 Å². The number of nitrogens with zero attached hydrogens (tertiary/aromatic N) is 1. The lowest BCUT2D eigenvalue weighted by molar-refractivity contribution is 1.37. The van der Waals surface area contributed by atoms with Gasteiger partial charge in [-0.2, -0.15) is 0 Å². The molecular formula is C8H9N. The van der Waals surface area contributed by atoms with Gasteiger partial charge in [-0.05, 0) is 12.5 Å². The molecule has 0 spiro atoms. The Balaban J connectivity index is 2.60. The molecule has 1 nitrogen and oxygen atoms in total. The van der Waals surface area contributed by atoms with E-state index in [0.717, 1.165) is 6.42 Å². The number of hydrogen-bond acceptors (Lipinski definition) is 1. The quantitative estimate of drug-likeness (QED) is 0.463. The molecule has 0 fully saturated rings. The number of rotatable bonds is 0. The van der Waals surface area contributed by atoms with Crippen LogP contribution in [0.25, 0.3) is 0 Å². The molecule has 0 unspecified atom stereocenters. The summed E-state index contributed by atoms with van der Waals surface area (Å²) in [5.74, 6) is 0. The number of aliphatic imine (C=N–C) groups is 1. The van der Waals surface area contributed by atoms with Crippen LogP contribution < -0.4 is 0 Å². The van der Waals surface area contributed by atoms with Gasteiger partial charge in [0.05, 0.1) is 0 Å². The summed E-state index contributed by atoms with van der Waals surface area (Å²) < 4.78 is 0. The molecule has 0 aliphatic carbocycles. The van der Waals surface area contributed by atoms with Crippen molar-refractivity contribution in [1.29, 1.82) is 0 Å². The molecule has 0 amide bonds. The molecule has 46 valence electrons. The summed E-state index contributed by atoms with van der Waals surface area (Å²) in [6.45, 7) is 0. The summed E-state index contributed by atoms with van der Waals surface area (Å²) in [4.78, 5) is 3.96. The second kappa shape index (κ2) is 3.84. The van der Waals surface area contributed by atoms with E-state index in [4.69, 9.17) is 0 Å². The number of allylic oxidation sites excluding steroid dienone is 5. The fourth-order valence-corrected chi connectivity index (χ4v) is 0.571. The van der Waals surface area contributed by atoms with E-state index in [1.807, 2.05) is 24.3 Å². The van der Waals surface area contributed by atoms with Crippen LogP contribution in [0.2, 0.25) is 0 Å². The van der Waals surface area contributed by atoms with Crippen molar-refractivity contribution in [2.24, 2.45) is 4.99 Å². The van der Waals surface area contributed by atoms with Crippen LogP contribution in [0.5, 0.6) is 0 Å². The molecule has 0 aromatic heterocycles. The highest BCUT2D eigenvalue weighted by atomic mass is 14.6. The average Bonchev–Trinajstić information content (AvgIpc) is 2.00. The van der Waals surface area contributed by atoms with Crippen LogP contribution in [0.4, 0.5) is 0 Å².